The Morgan fingerprint density at radius 2 is 1.96 bits per heavy atom. The van der Waals surface area contributed by atoms with E-state index >= 15 is 0 Å². The van der Waals surface area contributed by atoms with Crippen LogP contribution in [0.1, 0.15) is 10.4 Å². The predicted octanol–water partition coefficient (Wildman–Crippen LogP) is 0.947. The van der Waals surface area contributed by atoms with Crippen LogP contribution >= 0.6 is 0 Å². The number of carbonyl (C=O) groups excluding carboxylic acids is 1. The van der Waals surface area contributed by atoms with Crippen molar-refractivity contribution in [3.63, 3.8) is 0 Å². The Kier molecular flexibility index (Phi) is 4.27. The molecule has 2 N–H and O–H groups in total. The molecule has 0 aromatic heterocycles. The monoisotopic (exact) mass is 327 g/mol. The van der Waals surface area contributed by atoms with Crippen LogP contribution < -0.4 is 15.2 Å². The lowest BCUT2D eigenvalue weighted by Gasteiger charge is -2.20. The number of fused-ring (bicyclic) bond motifs is 1. The first-order chi connectivity index (χ1) is 11.0. The number of hydrogen-bond donors (Lipinski definition) is 1. The minimum Gasteiger partial charge on any atom is -0.493 e. The molecule has 7 nitrogen and oxygen atoms in total. The van der Waals surface area contributed by atoms with E-state index in [9.17, 15) is 9.18 Å². The molecular formula is C15H18FNO6. The highest BCUT2D eigenvalue weighted by Gasteiger charge is 2.49. The smallest absolute Gasteiger partial charge is 0.340 e. The van der Waals surface area contributed by atoms with Crippen LogP contribution in [-0.4, -0.2) is 57.9 Å². The summed E-state index contributed by atoms with van der Waals surface area (Å²) >= 11 is 0. The number of halogens is 1. The van der Waals surface area contributed by atoms with E-state index in [1.54, 1.807) is 0 Å². The van der Waals surface area contributed by atoms with E-state index in [0.717, 1.165) is 0 Å². The van der Waals surface area contributed by atoms with Crippen LogP contribution in [0.15, 0.2) is 12.1 Å². The van der Waals surface area contributed by atoms with Gasteiger partial charge in [-0.1, -0.05) is 0 Å². The molecule has 0 bridgehead atoms. The topological polar surface area (TPSA) is 89.2 Å². The highest BCUT2D eigenvalue weighted by Crippen LogP contribution is 2.37. The average Bonchev–Trinajstić information content (AvgIpc) is 3.11. The molecule has 2 heterocycles. The molecule has 4 atom stereocenters. The van der Waals surface area contributed by atoms with Crippen molar-refractivity contribution in [2.24, 2.45) is 0 Å². The van der Waals surface area contributed by atoms with E-state index in [1.807, 2.05) is 0 Å². The number of hydrogen-bond acceptors (Lipinski definition) is 7. The molecule has 8 heteroatoms. The van der Waals surface area contributed by atoms with Crippen molar-refractivity contribution in [1.82, 2.24) is 0 Å². The number of nitrogens with two attached hydrogens (primary N) is 1. The molecule has 0 radical (unpaired) electrons. The Balaban J connectivity index is 1.83. The minimum absolute atomic E-state index is 0.00422. The summed E-state index contributed by atoms with van der Waals surface area (Å²) in [5.41, 5.74) is 6.24. The van der Waals surface area contributed by atoms with Gasteiger partial charge in [0.25, 0.3) is 0 Å². The van der Waals surface area contributed by atoms with E-state index in [0.29, 0.717) is 11.5 Å². The molecule has 126 valence electrons. The van der Waals surface area contributed by atoms with Crippen molar-refractivity contribution < 1.29 is 32.9 Å². The predicted molar refractivity (Wildman–Crippen MR) is 77.5 cm³/mol. The lowest BCUT2D eigenvalue weighted by molar-refractivity contribution is 0.0270. The van der Waals surface area contributed by atoms with Crippen molar-refractivity contribution in [3.05, 3.63) is 17.7 Å². The second-order valence-corrected chi connectivity index (χ2v) is 5.35. The number of esters is 1. The fourth-order valence-electron chi connectivity index (χ4n) is 2.80. The molecule has 0 aliphatic carbocycles. The molecule has 2 saturated heterocycles. The maximum absolute atomic E-state index is 13.6. The van der Waals surface area contributed by atoms with Crippen molar-refractivity contribution in [2.75, 3.05) is 33.2 Å². The molecule has 2 fully saturated rings. The number of alkyl halides is 1. The number of benzene rings is 1. The van der Waals surface area contributed by atoms with Crippen LogP contribution in [0.5, 0.6) is 11.5 Å². The van der Waals surface area contributed by atoms with Gasteiger partial charge in [-0.15, -0.1) is 0 Å². The molecule has 0 unspecified atom stereocenters. The maximum Gasteiger partial charge on any atom is 0.340 e. The van der Waals surface area contributed by atoms with Crippen LogP contribution in [0.2, 0.25) is 0 Å². The van der Waals surface area contributed by atoms with Crippen LogP contribution in [0.3, 0.4) is 0 Å². The summed E-state index contributed by atoms with van der Waals surface area (Å²) in [6.07, 6.45) is -2.71. The zero-order valence-corrected chi connectivity index (χ0v) is 12.8. The zero-order chi connectivity index (χ0) is 16.6. The number of nitrogen functional groups attached to an aromatic ring is 1. The van der Waals surface area contributed by atoms with Gasteiger partial charge < -0.3 is 29.4 Å². The van der Waals surface area contributed by atoms with Gasteiger partial charge in [-0.3, -0.25) is 0 Å². The van der Waals surface area contributed by atoms with Gasteiger partial charge in [0, 0.05) is 12.1 Å². The van der Waals surface area contributed by atoms with Crippen LogP contribution in [0.25, 0.3) is 0 Å². The van der Waals surface area contributed by atoms with E-state index in [4.69, 9.17) is 24.7 Å². The fraction of sp³-hybridized carbons (Fsp3) is 0.533. The van der Waals surface area contributed by atoms with Gasteiger partial charge in [-0.05, 0) is 0 Å². The minimum atomic E-state index is -1.15. The second-order valence-electron chi connectivity index (χ2n) is 5.35. The number of methoxy groups -OCH3 is 2. The Bertz CT molecular complexity index is 610. The molecule has 1 aromatic rings. The average molecular weight is 327 g/mol. The molecule has 1 aromatic carbocycles. The first-order valence-corrected chi connectivity index (χ1v) is 7.15. The maximum atomic E-state index is 13.6. The molecular weight excluding hydrogens is 309 g/mol. The third-order valence-corrected chi connectivity index (χ3v) is 3.97. The third-order valence-electron chi connectivity index (χ3n) is 3.97. The van der Waals surface area contributed by atoms with Gasteiger partial charge in [-0.25, -0.2) is 9.18 Å². The summed E-state index contributed by atoms with van der Waals surface area (Å²) < 4.78 is 40.1. The first-order valence-electron chi connectivity index (χ1n) is 7.15. The normalized spacial score (nSPS) is 29.2. The summed E-state index contributed by atoms with van der Waals surface area (Å²) in [7, 11) is 2.70. The first kappa shape index (κ1) is 15.8. The van der Waals surface area contributed by atoms with Gasteiger partial charge in [0.1, 0.15) is 12.2 Å². The number of carbonyl (C=O) groups is 1. The van der Waals surface area contributed by atoms with Crippen LogP contribution in [0.4, 0.5) is 10.1 Å². The van der Waals surface area contributed by atoms with Crippen molar-refractivity contribution in [2.45, 2.75) is 24.5 Å². The Morgan fingerprint density at radius 3 is 2.65 bits per heavy atom. The third kappa shape index (κ3) is 2.79. The van der Waals surface area contributed by atoms with Crippen molar-refractivity contribution in [3.8, 4) is 11.5 Å². The largest absolute Gasteiger partial charge is 0.493 e. The van der Waals surface area contributed by atoms with Gasteiger partial charge in [0.05, 0.1) is 38.7 Å². The summed E-state index contributed by atoms with van der Waals surface area (Å²) in [6.45, 7) is 0.202. The van der Waals surface area contributed by atoms with Gasteiger partial charge >= 0.3 is 5.97 Å². The lowest BCUT2D eigenvalue weighted by Crippen LogP contribution is -2.34. The highest BCUT2D eigenvalue weighted by molar-refractivity contribution is 5.96. The molecule has 0 spiro atoms. The summed E-state index contributed by atoms with van der Waals surface area (Å²) in [5, 5.41) is 0. The summed E-state index contributed by atoms with van der Waals surface area (Å²) in [4.78, 5) is 11.7. The molecule has 2 aliphatic heterocycles. The number of anilines is 1. The van der Waals surface area contributed by atoms with Crippen LogP contribution in [-0.2, 0) is 14.2 Å². The van der Waals surface area contributed by atoms with E-state index in [-0.39, 0.29) is 24.5 Å². The highest BCUT2D eigenvalue weighted by atomic mass is 19.1. The standard InChI is InChI=1S/C15H18FNO6/c1-19-10-3-7(15(18)20-2)9(17)4-11(10)23-12-6-22-13-8(16)5-21-14(12)13/h3-4,8,12-14H,5-6,17H2,1-2H3/t8-,12-,13+,14+/m0/s1. The van der Waals surface area contributed by atoms with Gasteiger partial charge in [-0.2, -0.15) is 0 Å². The number of rotatable bonds is 4. The van der Waals surface area contributed by atoms with Crippen molar-refractivity contribution >= 4 is 11.7 Å². The molecule has 23 heavy (non-hydrogen) atoms. The summed E-state index contributed by atoms with van der Waals surface area (Å²) in [5.74, 6) is 0.0756. The molecule has 3 rings (SSSR count). The van der Waals surface area contributed by atoms with Crippen molar-refractivity contribution in [1.29, 1.82) is 0 Å². The summed E-state index contributed by atoms with van der Waals surface area (Å²) in [6, 6.07) is 2.91. The van der Waals surface area contributed by atoms with Gasteiger partial charge in [0.2, 0.25) is 0 Å². The van der Waals surface area contributed by atoms with E-state index < -0.39 is 30.5 Å². The van der Waals surface area contributed by atoms with E-state index in [1.165, 1.54) is 26.4 Å². The lowest BCUT2D eigenvalue weighted by atomic mass is 10.1. The molecule has 0 amide bonds. The van der Waals surface area contributed by atoms with Crippen LogP contribution in [0, 0.1) is 0 Å². The second kappa shape index (κ2) is 6.21. The Hall–Kier alpha value is -2.06. The van der Waals surface area contributed by atoms with E-state index in [2.05, 4.69) is 4.74 Å². The van der Waals surface area contributed by atoms with Gasteiger partial charge in [0.15, 0.2) is 23.8 Å². The zero-order valence-electron chi connectivity index (χ0n) is 12.8. The Labute approximate surface area is 132 Å². The molecule has 2 aliphatic rings. The molecule has 0 saturated carbocycles. The quantitative estimate of drug-likeness (QED) is 0.650. The number of ether oxygens (including phenoxy) is 5. The Morgan fingerprint density at radius 1 is 1.22 bits per heavy atom. The SMILES string of the molecule is COC(=O)c1cc(OC)c(O[C@H]2CO[C@H]3[C@@H]2OC[C@@H]3F)cc1N. The fourth-order valence-corrected chi connectivity index (χ4v) is 2.80.